The fraction of sp³-hybridized carbons (Fsp3) is 0.318. The first-order chi connectivity index (χ1) is 13.0. The topological polar surface area (TPSA) is 65.5 Å². The summed E-state index contributed by atoms with van der Waals surface area (Å²) in [5.74, 6) is -0.441. The van der Waals surface area contributed by atoms with E-state index in [0.29, 0.717) is 33.5 Å². The first-order valence-electron chi connectivity index (χ1n) is 9.33. The molecule has 0 saturated heterocycles. The van der Waals surface area contributed by atoms with Gasteiger partial charge >= 0.3 is 5.97 Å². The molecule has 0 aliphatic carbocycles. The van der Waals surface area contributed by atoms with Crippen molar-refractivity contribution in [3.05, 3.63) is 53.3 Å². The number of anilines is 1. The number of fused-ring (bicyclic) bond motifs is 1. The Labute approximate surface area is 158 Å². The number of aryl methyl sites for hydroxylation is 1. The van der Waals surface area contributed by atoms with E-state index in [9.17, 15) is 9.18 Å². The zero-order chi connectivity index (χ0) is 19.4. The molecule has 27 heavy (non-hydrogen) atoms. The Morgan fingerprint density at radius 3 is 2.56 bits per heavy atom. The Bertz CT molecular complexity index is 944. The third-order valence-corrected chi connectivity index (χ3v) is 4.59. The lowest BCUT2D eigenvalue weighted by Gasteiger charge is -2.06. The standard InChI is InChI=1S/C22H24FNO3/c1-3-5-6-7-15-12-17-19(13-18(15)24)27-21(20(17)22(25)26-4-2)14-8-10-16(23)11-9-14/h8-13H,3-7,24H2,1-2H3. The number of nitrogens with two attached hydrogens (primary N) is 1. The smallest absolute Gasteiger partial charge is 0.342 e. The van der Waals surface area contributed by atoms with Gasteiger partial charge in [0.15, 0.2) is 0 Å². The number of carbonyl (C=O) groups is 1. The molecule has 1 aromatic heterocycles. The minimum Gasteiger partial charge on any atom is -0.462 e. The van der Waals surface area contributed by atoms with Gasteiger partial charge in [-0.3, -0.25) is 0 Å². The molecule has 3 rings (SSSR count). The molecule has 0 bridgehead atoms. The van der Waals surface area contributed by atoms with Crippen LogP contribution in [0.2, 0.25) is 0 Å². The van der Waals surface area contributed by atoms with Gasteiger partial charge in [-0.1, -0.05) is 19.8 Å². The van der Waals surface area contributed by atoms with Crippen LogP contribution in [0.1, 0.15) is 49.0 Å². The van der Waals surface area contributed by atoms with Crippen LogP contribution in [0.15, 0.2) is 40.8 Å². The Morgan fingerprint density at radius 2 is 1.89 bits per heavy atom. The summed E-state index contributed by atoms with van der Waals surface area (Å²) in [6.07, 6.45) is 4.11. The molecule has 0 radical (unpaired) electrons. The first-order valence-corrected chi connectivity index (χ1v) is 9.33. The van der Waals surface area contributed by atoms with Crippen molar-refractivity contribution in [2.45, 2.75) is 39.5 Å². The predicted molar refractivity (Wildman–Crippen MR) is 105 cm³/mol. The largest absolute Gasteiger partial charge is 0.462 e. The van der Waals surface area contributed by atoms with Gasteiger partial charge in [0.25, 0.3) is 0 Å². The second-order valence-corrected chi connectivity index (χ2v) is 6.54. The highest BCUT2D eigenvalue weighted by molar-refractivity contribution is 6.09. The maximum Gasteiger partial charge on any atom is 0.342 e. The molecule has 0 spiro atoms. The molecular weight excluding hydrogens is 345 g/mol. The van der Waals surface area contributed by atoms with Crippen molar-refractivity contribution < 1.29 is 18.3 Å². The number of ether oxygens (including phenoxy) is 1. The Kier molecular flexibility index (Phi) is 5.79. The van der Waals surface area contributed by atoms with E-state index in [2.05, 4.69) is 6.92 Å². The minimum absolute atomic E-state index is 0.257. The SMILES string of the molecule is CCCCCc1cc2c(C(=O)OCC)c(-c3ccc(F)cc3)oc2cc1N. The summed E-state index contributed by atoms with van der Waals surface area (Å²) in [4.78, 5) is 12.6. The highest BCUT2D eigenvalue weighted by Crippen LogP contribution is 2.36. The molecule has 4 nitrogen and oxygen atoms in total. The third kappa shape index (κ3) is 3.97. The van der Waals surface area contributed by atoms with E-state index >= 15 is 0 Å². The van der Waals surface area contributed by atoms with E-state index in [1.807, 2.05) is 6.07 Å². The Morgan fingerprint density at radius 1 is 1.15 bits per heavy atom. The fourth-order valence-electron chi connectivity index (χ4n) is 3.20. The molecule has 0 aliphatic rings. The normalized spacial score (nSPS) is 11.1. The van der Waals surface area contributed by atoms with Gasteiger partial charge in [0, 0.05) is 22.7 Å². The lowest BCUT2D eigenvalue weighted by molar-refractivity contribution is 0.0528. The third-order valence-electron chi connectivity index (χ3n) is 4.59. The monoisotopic (exact) mass is 369 g/mol. The van der Waals surface area contributed by atoms with Crippen LogP contribution in [0.5, 0.6) is 0 Å². The van der Waals surface area contributed by atoms with Crippen LogP contribution < -0.4 is 5.73 Å². The summed E-state index contributed by atoms with van der Waals surface area (Å²) < 4.78 is 24.5. The number of rotatable bonds is 7. The molecule has 0 amide bonds. The van der Waals surface area contributed by atoms with Gasteiger partial charge < -0.3 is 14.9 Å². The van der Waals surface area contributed by atoms with Crippen LogP contribution in [-0.2, 0) is 11.2 Å². The zero-order valence-corrected chi connectivity index (χ0v) is 15.7. The van der Waals surface area contributed by atoms with Gasteiger partial charge in [0.05, 0.1) is 6.61 Å². The van der Waals surface area contributed by atoms with Crippen LogP contribution in [0.3, 0.4) is 0 Å². The van der Waals surface area contributed by atoms with Crippen molar-refractivity contribution in [2.24, 2.45) is 0 Å². The van der Waals surface area contributed by atoms with E-state index in [-0.39, 0.29) is 12.4 Å². The molecule has 0 aliphatic heterocycles. The van der Waals surface area contributed by atoms with Crippen molar-refractivity contribution in [3.8, 4) is 11.3 Å². The minimum atomic E-state index is -0.458. The summed E-state index contributed by atoms with van der Waals surface area (Å²) in [6, 6.07) is 9.52. The van der Waals surface area contributed by atoms with Crippen molar-refractivity contribution in [1.82, 2.24) is 0 Å². The highest BCUT2D eigenvalue weighted by Gasteiger charge is 2.24. The maximum absolute atomic E-state index is 13.3. The quantitative estimate of drug-likeness (QED) is 0.328. The molecular formula is C22H24FNO3. The predicted octanol–water partition coefficient (Wildman–Crippen LogP) is 5.73. The molecule has 0 atom stereocenters. The molecule has 1 heterocycles. The number of furan rings is 1. The van der Waals surface area contributed by atoms with Crippen LogP contribution in [0.4, 0.5) is 10.1 Å². The molecule has 0 unspecified atom stereocenters. The van der Waals surface area contributed by atoms with E-state index < -0.39 is 5.97 Å². The van der Waals surface area contributed by atoms with Crippen LogP contribution >= 0.6 is 0 Å². The molecule has 0 fully saturated rings. The van der Waals surface area contributed by atoms with Crippen molar-refractivity contribution in [2.75, 3.05) is 12.3 Å². The summed E-state index contributed by atoms with van der Waals surface area (Å²) in [5, 5.41) is 0.675. The number of halogens is 1. The zero-order valence-electron chi connectivity index (χ0n) is 15.7. The van der Waals surface area contributed by atoms with Gasteiger partial charge in [-0.2, -0.15) is 0 Å². The fourth-order valence-corrected chi connectivity index (χ4v) is 3.20. The molecule has 142 valence electrons. The number of hydrogen-bond acceptors (Lipinski definition) is 4. The molecule has 2 aromatic carbocycles. The summed E-state index contributed by atoms with van der Waals surface area (Å²) >= 11 is 0. The van der Waals surface area contributed by atoms with Crippen molar-refractivity contribution in [1.29, 1.82) is 0 Å². The van der Waals surface area contributed by atoms with Crippen molar-refractivity contribution in [3.63, 3.8) is 0 Å². The lowest BCUT2D eigenvalue weighted by atomic mass is 10.00. The van der Waals surface area contributed by atoms with Gasteiger partial charge in [-0.05, 0) is 55.7 Å². The second-order valence-electron chi connectivity index (χ2n) is 6.54. The van der Waals surface area contributed by atoms with E-state index in [0.717, 1.165) is 31.2 Å². The van der Waals surface area contributed by atoms with Crippen LogP contribution in [0.25, 0.3) is 22.3 Å². The molecule has 3 aromatic rings. The summed E-state index contributed by atoms with van der Waals surface area (Å²) in [5.41, 5.74) is 9.33. The van der Waals surface area contributed by atoms with E-state index in [1.165, 1.54) is 12.1 Å². The Hall–Kier alpha value is -2.82. The number of carbonyl (C=O) groups excluding carboxylic acids is 1. The molecule has 2 N–H and O–H groups in total. The Balaban J connectivity index is 2.15. The first kappa shape index (κ1) is 19.0. The molecule has 0 saturated carbocycles. The summed E-state index contributed by atoms with van der Waals surface area (Å²) in [6.45, 7) is 4.16. The average molecular weight is 369 g/mol. The lowest BCUT2D eigenvalue weighted by Crippen LogP contribution is -2.05. The highest BCUT2D eigenvalue weighted by atomic mass is 19.1. The van der Waals surface area contributed by atoms with E-state index in [1.54, 1.807) is 25.1 Å². The van der Waals surface area contributed by atoms with Gasteiger partial charge in [0.1, 0.15) is 22.7 Å². The van der Waals surface area contributed by atoms with Crippen LogP contribution in [-0.4, -0.2) is 12.6 Å². The van der Waals surface area contributed by atoms with Crippen LogP contribution in [0, 0.1) is 5.82 Å². The number of esters is 1. The second kappa shape index (κ2) is 8.25. The van der Waals surface area contributed by atoms with Gasteiger partial charge in [-0.15, -0.1) is 0 Å². The van der Waals surface area contributed by atoms with Gasteiger partial charge in [0.2, 0.25) is 0 Å². The van der Waals surface area contributed by atoms with Crippen molar-refractivity contribution >= 4 is 22.6 Å². The molecule has 5 heteroatoms. The number of benzene rings is 2. The number of hydrogen-bond donors (Lipinski definition) is 1. The average Bonchev–Trinajstić information content (AvgIpc) is 3.01. The number of nitrogen functional groups attached to an aromatic ring is 1. The van der Waals surface area contributed by atoms with E-state index in [4.69, 9.17) is 14.9 Å². The maximum atomic E-state index is 13.3. The van der Waals surface area contributed by atoms with Gasteiger partial charge in [-0.25, -0.2) is 9.18 Å². The summed E-state index contributed by atoms with van der Waals surface area (Å²) in [7, 11) is 0. The number of unbranched alkanes of at least 4 members (excludes halogenated alkanes) is 2.